The van der Waals surface area contributed by atoms with Gasteiger partial charge in [-0.15, -0.1) is 0 Å². The van der Waals surface area contributed by atoms with Crippen molar-refractivity contribution in [3.8, 4) is 0 Å². The molecule has 1 atom stereocenters. The molecule has 0 N–H and O–H groups in total. The molecule has 1 aromatic carbocycles. The van der Waals surface area contributed by atoms with Crippen LogP contribution in [0, 0.1) is 29.0 Å². The van der Waals surface area contributed by atoms with E-state index in [4.69, 9.17) is 5.10 Å². The molecule has 6 rings (SSSR count). The van der Waals surface area contributed by atoms with Gasteiger partial charge in [-0.05, 0) is 74.2 Å². The number of rotatable bonds is 8. The van der Waals surface area contributed by atoms with Crippen LogP contribution in [0.15, 0.2) is 29.4 Å². The molecule has 4 fully saturated rings. The zero-order valence-electron chi connectivity index (χ0n) is 18.3. The summed E-state index contributed by atoms with van der Waals surface area (Å²) in [6.45, 7) is 2.98. The van der Waals surface area contributed by atoms with Gasteiger partial charge in [-0.3, -0.25) is 9.80 Å². The number of hydrogen-bond donors (Lipinski definition) is 0. The Labute approximate surface area is 180 Å². The molecular formula is C26H35FN2O. The molecule has 0 amide bonds. The number of carbonyl (C=O) groups is 1. The summed E-state index contributed by atoms with van der Waals surface area (Å²) in [4.78, 5) is 13.4. The van der Waals surface area contributed by atoms with Crippen molar-refractivity contribution in [2.24, 2.45) is 28.3 Å². The van der Waals surface area contributed by atoms with Gasteiger partial charge in [0.1, 0.15) is 11.5 Å². The number of hydrogen-bond acceptors (Lipinski definition) is 3. The Morgan fingerprint density at radius 2 is 1.77 bits per heavy atom. The minimum Gasteiger partial charge on any atom is -0.293 e. The first-order valence-electron chi connectivity index (χ1n) is 12.2. The van der Waals surface area contributed by atoms with Gasteiger partial charge in [-0.25, -0.2) is 4.39 Å². The molecule has 162 valence electrons. The van der Waals surface area contributed by atoms with Crippen LogP contribution in [-0.4, -0.2) is 23.0 Å². The summed E-state index contributed by atoms with van der Waals surface area (Å²) in [7, 11) is 0. The van der Waals surface area contributed by atoms with Crippen molar-refractivity contribution in [2.45, 2.75) is 83.6 Å². The van der Waals surface area contributed by atoms with Crippen LogP contribution in [0.4, 0.5) is 4.39 Å². The van der Waals surface area contributed by atoms with Crippen molar-refractivity contribution in [1.82, 2.24) is 5.01 Å². The van der Waals surface area contributed by atoms with E-state index in [0.29, 0.717) is 24.1 Å². The van der Waals surface area contributed by atoms with Crippen molar-refractivity contribution in [3.05, 3.63) is 35.6 Å². The molecule has 3 nitrogen and oxygen atoms in total. The lowest BCUT2D eigenvalue weighted by atomic mass is 9.48. The van der Waals surface area contributed by atoms with Gasteiger partial charge in [0, 0.05) is 24.9 Å². The van der Waals surface area contributed by atoms with Gasteiger partial charge in [-0.2, -0.15) is 5.10 Å². The van der Waals surface area contributed by atoms with E-state index in [2.05, 4.69) is 6.92 Å². The van der Waals surface area contributed by atoms with E-state index in [0.717, 1.165) is 43.6 Å². The molecule has 0 spiro atoms. The molecule has 4 saturated carbocycles. The Hall–Kier alpha value is -1.71. The molecule has 1 aromatic rings. The third-order valence-corrected chi connectivity index (χ3v) is 8.27. The maximum atomic E-state index is 14.6. The largest absolute Gasteiger partial charge is 0.293 e. The lowest BCUT2D eigenvalue weighted by molar-refractivity contribution is -0.121. The van der Waals surface area contributed by atoms with Crippen LogP contribution in [-0.2, 0) is 4.79 Å². The Morgan fingerprint density at radius 3 is 2.40 bits per heavy atom. The Kier molecular flexibility index (Phi) is 5.45. The summed E-state index contributed by atoms with van der Waals surface area (Å²) < 4.78 is 14.6. The van der Waals surface area contributed by atoms with Crippen molar-refractivity contribution in [3.63, 3.8) is 0 Å². The van der Waals surface area contributed by atoms with Crippen LogP contribution in [0.25, 0.3) is 0 Å². The topological polar surface area (TPSA) is 32.7 Å². The average Bonchev–Trinajstić information content (AvgIpc) is 3.11. The average molecular weight is 411 g/mol. The normalized spacial score (nSPS) is 34.5. The highest BCUT2D eigenvalue weighted by Crippen LogP contribution is 2.61. The molecule has 0 saturated heterocycles. The summed E-state index contributed by atoms with van der Waals surface area (Å²) in [5, 5.41) is 6.79. The third kappa shape index (κ3) is 3.83. The molecule has 30 heavy (non-hydrogen) atoms. The number of carbonyl (C=O) groups excluding carboxylic acids is 1. The van der Waals surface area contributed by atoms with E-state index in [1.807, 2.05) is 17.1 Å². The van der Waals surface area contributed by atoms with E-state index in [9.17, 15) is 9.18 Å². The van der Waals surface area contributed by atoms with Crippen LogP contribution in [0.2, 0.25) is 0 Å². The van der Waals surface area contributed by atoms with E-state index in [-0.39, 0.29) is 23.1 Å². The van der Waals surface area contributed by atoms with Crippen LogP contribution in [0.5, 0.6) is 0 Å². The number of nitrogens with zero attached hydrogens (tertiary/aromatic N) is 2. The number of benzene rings is 1. The van der Waals surface area contributed by atoms with Crippen molar-refractivity contribution >= 4 is 11.5 Å². The summed E-state index contributed by atoms with van der Waals surface area (Å²) in [6.07, 6.45) is 12.5. The lowest BCUT2D eigenvalue weighted by Gasteiger charge is -2.56. The molecule has 5 aliphatic rings. The number of hydrazone groups is 1. The highest BCUT2D eigenvalue weighted by molar-refractivity contribution is 6.40. The van der Waals surface area contributed by atoms with Crippen LogP contribution in [0.1, 0.15) is 89.2 Å². The number of Topliss-reactive ketones (excluding diaryl/α,β-unsaturated/α-hetero) is 1. The van der Waals surface area contributed by atoms with Gasteiger partial charge in [-0.1, -0.05) is 38.0 Å². The highest BCUT2D eigenvalue weighted by Gasteiger charge is 2.52. The fraction of sp³-hybridized carbons (Fsp3) is 0.692. The maximum absolute atomic E-state index is 14.6. The second-order valence-electron chi connectivity index (χ2n) is 10.7. The number of unbranched alkanes of at least 4 members (excludes halogenated alkanes) is 2. The molecule has 4 heteroatoms. The van der Waals surface area contributed by atoms with Crippen LogP contribution < -0.4 is 0 Å². The maximum Gasteiger partial charge on any atom is 0.179 e. The first kappa shape index (κ1) is 20.2. The molecule has 4 aliphatic carbocycles. The van der Waals surface area contributed by atoms with Crippen molar-refractivity contribution in [1.29, 1.82) is 0 Å². The SMILES string of the molecule is CCCCCN1N=C(C(=O)CC23CC4CC(CC(C4)C2)C3)CC1c1ccccc1F. The van der Waals surface area contributed by atoms with Gasteiger partial charge < -0.3 is 0 Å². The minimum absolute atomic E-state index is 0.140. The van der Waals surface area contributed by atoms with Crippen molar-refractivity contribution < 1.29 is 9.18 Å². The number of halogens is 1. The quantitative estimate of drug-likeness (QED) is 0.472. The van der Waals surface area contributed by atoms with E-state index >= 15 is 0 Å². The predicted octanol–water partition coefficient (Wildman–Crippen LogP) is 6.29. The minimum atomic E-state index is -0.187. The highest BCUT2D eigenvalue weighted by atomic mass is 19.1. The zero-order chi connectivity index (χ0) is 20.7. The summed E-state index contributed by atoms with van der Waals surface area (Å²) in [5.74, 6) is 2.60. The van der Waals surface area contributed by atoms with Crippen molar-refractivity contribution in [2.75, 3.05) is 6.54 Å². The zero-order valence-corrected chi connectivity index (χ0v) is 18.3. The molecule has 1 unspecified atom stereocenters. The molecule has 1 aliphatic heterocycles. The summed E-state index contributed by atoms with van der Waals surface area (Å²) >= 11 is 0. The van der Waals surface area contributed by atoms with Crippen LogP contribution in [0.3, 0.4) is 0 Å². The van der Waals surface area contributed by atoms with Gasteiger partial charge in [0.15, 0.2) is 5.78 Å². The summed E-state index contributed by atoms with van der Waals surface area (Å²) in [5.41, 5.74) is 1.60. The standard InChI is InChI=1S/C26H35FN2O/c1-2-3-6-9-29-24(21-7-4-5-8-22(21)27)13-23(28-29)25(30)17-26-14-18-10-19(15-26)12-20(11-18)16-26/h4-5,7-8,18-20,24H,2-3,6,9-17H2,1H3. The number of ketones is 1. The lowest BCUT2D eigenvalue weighted by Crippen LogP contribution is -2.47. The third-order valence-electron chi connectivity index (χ3n) is 8.27. The molecule has 4 bridgehead atoms. The molecule has 0 radical (unpaired) electrons. The fourth-order valence-electron chi connectivity index (χ4n) is 7.42. The first-order chi connectivity index (χ1) is 14.5. The smallest absolute Gasteiger partial charge is 0.179 e. The van der Waals surface area contributed by atoms with E-state index < -0.39 is 0 Å². The molecule has 1 heterocycles. The van der Waals surface area contributed by atoms with Crippen LogP contribution >= 0.6 is 0 Å². The predicted molar refractivity (Wildman–Crippen MR) is 118 cm³/mol. The van der Waals surface area contributed by atoms with Gasteiger partial charge in [0.2, 0.25) is 0 Å². The molecule has 0 aromatic heterocycles. The molecular weight excluding hydrogens is 375 g/mol. The second kappa shape index (κ2) is 8.09. The van der Waals surface area contributed by atoms with E-state index in [1.165, 1.54) is 44.6 Å². The Balaban J connectivity index is 1.32. The Bertz CT molecular complexity index is 797. The second-order valence-corrected chi connectivity index (χ2v) is 10.7. The monoisotopic (exact) mass is 410 g/mol. The van der Waals surface area contributed by atoms with Gasteiger partial charge in [0.25, 0.3) is 0 Å². The fourth-order valence-corrected chi connectivity index (χ4v) is 7.42. The van der Waals surface area contributed by atoms with E-state index in [1.54, 1.807) is 6.07 Å². The summed E-state index contributed by atoms with van der Waals surface area (Å²) in [6, 6.07) is 6.86. The van der Waals surface area contributed by atoms with Gasteiger partial charge in [0.05, 0.1) is 6.04 Å². The Morgan fingerprint density at radius 1 is 1.10 bits per heavy atom. The van der Waals surface area contributed by atoms with Gasteiger partial charge >= 0.3 is 0 Å². The first-order valence-corrected chi connectivity index (χ1v) is 12.2.